The van der Waals surface area contributed by atoms with Crippen molar-refractivity contribution in [3.8, 4) is 0 Å². The molecule has 1 rings (SSSR count). The van der Waals surface area contributed by atoms with E-state index in [1.165, 1.54) is 0 Å². The fourth-order valence-corrected chi connectivity index (χ4v) is 1.44. The zero-order chi connectivity index (χ0) is 9.35. The molecule has 0 saturated heterocycles. The number of hydrogen-bond donors (Lipinski definition) is 0. The first-order chi connectivity index (χ1) is 5.41. The molecule has 1 heteroatoms. The maximum absolute atomic E-state index is 13.3. The van der Waals surface area contributed by atoms with E-state index in [2.05, 4.69) is 13.0 Å². The lowest BCUT2D eigenvalue weighted by molar-refractivity contribution is 0.457. The molecule has 12 heavy (non-hydrogen) atoms. The van der Waals surface area contributed by atoms with Gasteiger partial charge in [0.1, 0.15) is 5.83 Å². The van der Waals surface area contributed by atoms with Gasteiger partial charge in [-0.2, -0.15) is 0 Å². The molecule has 0 aromatic rings. The van der Waals surface area contributed by atoms with Crippen molar-refractivity contribution in [1.82, 2.24) is 0 Å². The molecule has 0 aromatic carbocycles. The fourth-order valence-electron chi connectivity index (χ4n) is 1.44. The maximum atomic E-state index is 13.3. The Morgan fingerprint density at radius 1 is 1.42 bits per heavy atom. The van der Waals surface area contributed by atoms with Crippen molar-refractivity contribution >= 4 is 0 Å². The van der Waals surface area contributed by atoms with Gasteiger partial charge in [-0.15, -0.1) is 0 Å². The van der Waals surface area contributed by atoms with E-state index < -0.39 is 0 Å². The summed E-state index contributed by atoms with van der Waals surface area (Å²) < 4.78 is 13.3. The average molecular weight is 168 g/mol. The third kappa shape index (κ3) is 1.96. The van der Waals surface area contributed by atoms with E-state index >= 15 is 0 Å². The van der Waals surface area contributed by atoms with Crippen molar-refractivity contribution in [3.63, 3.8) is 0 Å². The summed E-state index contributed by atoms with van der Waals surface area (Å²) in [5.74, 6) is 0.458. The van der Waals surface area contributed by atoms with Crippen LogP contribution in [0.1, 0.15) is 34.1 Å². The van der Waals surface area contributed by atoms with Gasteiger partial charge in [0, 0.05) is 0 Å². The molecule has 0 aliphatic heterocycles. The molecule has 0 fully saturated rings. The highest BCUT2D eigenvalue weighted by atomic mass is 19.1. The third-order valence-electron chi connectivity index (χ3n) is 2.19. The molecule has 1 aliphatic rings. The van der Waals surface area contributed by atoms with Crippen LogP contribution < -0.4 is 0 Å². The Morgan fingerprint density at radius 3 is 2.42 bits per heavy atom. The highest BCUT2D eigenvalue weighted by Crippen LogP contribution is 2.36. The quantitative estimate of drug-likeness (QED) is 0.515. The molecule has 0 N–H and O–H groups in total. The van der Waals surface area contributed by atoms with Crippen LogP contribution in [0.5, 0.6) is 0 Å². The average Bonchev–Trinajstić information content (AvgIpc) is 1.92. The van der Waals surface area contributed by atoms with Crippen molar-refractivity contribution < 1.29 is 4.39 Å². The minimum Gasteiger partial charge on any atom is -0.207 e. The van der Waals surface area contributed by atoms with Crippen molar-refractivity contribution in [3.05, 3.63) is 23.6 Å². The van der Waals surface area contributed by atoms with E-state index in [1.54, 1.807) is 6.08 Å². The van der Waals surface area contributed by atoms with Crippen LogP contribution in [0.15, 0.2) is 23.6 Å². The van der Waals surface area contributed by atoms with E-state index in [9.17, 15) is 4.39 Å². The summed E-state index contributed by atoms with van der Waals surface area (Å²) in [6, 6.07) is 0. The first kappa shape index (κ1) is 9.50. The number of halogens is 1. The van der Waals surface area contributed by atoms with Gasteiger partial charge in [0.05, 0.1) is 0 Å². The van der Waals surface area contributed by atoms with Gasteiger partial charge in [-0.05, 0) is 29.4 Å². The minimum atomic E-state index is -0.0603. The largest absolute Gasteiger partial charge is 0.207 e. The van der Waals surface area contributed by atoms with Gasteiger partial charge < -0.3 is 0 Å². The molecular weight excluding hydrogens is 151 g/mol. The standard InChI is InChI=1S/C11H17F/c1-8-5-6-10(12)9(7-8)11(2,3)4/h6-8H,5H2,1-4H3. The van der Waals surface area contributed by atoms with Crippen LogP contribution in [-0.4, -0.2) is 0 Å². The summed E-state index contributed by atoms with van der Waals surface area (Å²) in [6.45, 7) is 8.26. The predicted molar refractivity (Wildman–Crippen MR) is 50.5 cm³/mol. The molecule has 68 valence electrons. The molecule has 1 unspecified atom stereocenters. The minimum absolute atomic E-state index is 0.0272. The molecule has 1 atom stereocenters. The van der Waals surface area contributed by atoms with Crippen LogP contribution in [0.4, 0.5) is 4.39 Å². The van der Waals surface area contributed by atoms with Gasteiger partial charge in [0.2, 0.25) is 0 Å². The van der Waals surface area contributed by atoms with Crippen molar-refractivity contribution in [1.29, 1.82) is 0 Å². The van der Waals surface area contributed by atoms with E-state index in [1.807, 2.05) is 20.8 Å². The van der Waals surface area contributed by atoms with Crippen LogP contribution in [0.2, 0.25) is 0 Å². The number of hydrogen-bond acceptors (Lipinski definition) is 0. The number of rotatable bonds is 0. The van der Waals surface area contributed by atoms with Gasteiger partial charge in [-0.25, -0.2) is 4.39 Å². The van der Waals surface area contributed by atoms with Crippen LogP contribution >= 0.6 is 0 Å². The van der Waals surface area contributed by atoms with Gasteiger partial charge in [-0.1, -0.05) is 33.8 Å². The summed E-state index contributed by atoms with van der Waals surface area (Å²) in [7, 11) is 0. The molecule has 0 bridgehead atoms. The Kier molecular flexibility index (Phi) is 2.41. The molecule has 0 nitrogen and oxygen atoms in total. The summed E-state index contributed by atoms with van der Waals surface area (Å²) >= 11 is 0. The molecule has 0 spiro atoms. The second-order valence-electron chi connectivity index (χ2n) is 4.60. The normalized spacial score (nSPS) is 24.9. The maximum Gasteiger partial charge on any atom is 0.122 e. The smallest absolute Gasteiger partial charge is 0.122 e. The first-order valence-electron chi connectivity index (χ1n) is 4.49. The second-order valence-corrected chi connectivity index (χ2v) is 4.60. The first-order valence-corrected chi connectivity index (χ1v) is 4.49. The third-order valence-corrected chi connectivity index (χ3v) is 2.19. The van der Waals surface area contributed by atoms with Crippen molar-refractivity contribution in [2.24, 2.45) is 11.3 Å². The lowest BCUT2D eigenvalue weighted by atomic mass is 9.81. The SMILES string of the molecule is CC1C=C(C(C)(C)C)C(F)=CC1. The molecule has 0 radical (unpaired) electrons. The highest BCUT2D eigenvalue weighted by Gasteiger charge is 2.23. The summed E-state index contributed by atoms with van der Waals surface area (Å²) in [5, 5.41) is 0. The monoisotopic (exact) mass is 168 g/mol. The van der Waals surface area contributed by atoms with E-state index in [0.717, 1.165) is 12.0 Å². The predicted octanol–water partition coefficient (Wildman–Crippen LogP) is 3.85. The van der Waals surface area contributed by atoms with E-state index in [4.69, 9.17) is 0 Å². The molecule has 0 amide bonds. The van der Waals surface area contributed by atoms with Crippen molar-refractivity contribution in [2.45, 2.75) is 34.1 Å². The summed E-state index contributed by atoms with van der Waals surface area (Å²) in [4.78, 5) is 0. The van der Waals surface area contributed by atoms with Gasteiger partial charge in [0.15, 0.2) is 0 Å². The van der Waals surface area contributed by atoms with Gasteiger partial charge in [0.25, 0.3) is 0 Å². The Hall–Kier alpha value is -0.590. The van der Waals surface area contributed by atoms with Crippen molar-refractivity contribution in [2.75, 3.05) is 0 Å². The fraction of sp³-hybridized carbons (Fsp3) is 0.636. The van der Waals surface area contributed by atoms with Crippen LogP contribution in [0.3, 0.4) is 0 Å². The zero-order valence-electron chi connectivity index (χ0n) is 8.32. The van der Waals surface area contributed by atoms with Gasteiger partial charge >= 0.3 is 0 Å². The Bertz CT molecular complexity index is 228. The molecule has 0 aromatic heterocycles. The Labute approximate surface area is 74.2 Å². The number of allylic oxidation sites excluding steroid dienone is 4. The lowest BCUT2D eigenvalue weighted by Gasteiger charge is -2.25. The lowest BCUT2D eigenvalue weighted by Crippen LogP contribution is -2.13. The molecular formula is C11H17F. The highest BCUT2D eigenvalue weighted by molar-refractivity contribution is 5.33. The van der Waals surface area contributed by atoms with E-state index in [0.29, 0.717) is 5.92 Å². The summed E-state index contributed by atoms with van der Waals surface area (Å²) in [6.07, 6.45) is 4.59. The van der Waals surface area contributed by atoms with Crippen LogP contribution in [-0.2, 0) is 0 Å². The molecule has 0 saturated carbocycles. The van der Waals surface area contributed by atoms with Gasteiger partial charge in [-0.3, -0.25) is 0 Å². The second kappa shape index (κ2) is 3.04. The molecule has 0 heterocycles. The van der Waals surface area contributed by atoms with E-state index in [-0.39, 0.29) is 11.2 Å². The Balaban J connectivity index is 2.94. The topological polar surface area (TPSA) is 0 Å². The molecule has 1 aliphatic carbocycles. The van der Waals surface area contributed by atoms with Crippen LogP contribution in [0.25, 0.3) is 0 Å². The summed E-state index contributed by atoms with van der Waals surface area (Å²) in [5.41, 5.74) is 0.802. The Morgan fingerprint density at radius 2 is 2.00 bits per heavy atom. The van der Waals surface area contributed by atoms with Crippen LogP contribution in [0, 0.1) is 11.3 Å². The zero-order valence-corrected chi connectivity index (χ0v) is 8.32.